The van der Waals surface area contributed by atoms with Crippen LogP contribution in [0.2, 0.25) is 0 Å². The van der Waals surface area contributed by atoms with Crippen molar-refractivity contribution in [3.8, 4) is 0 Å². The van der Waals surface area contributed by atoms with Crippen molar-refractivity contribution in [2.24, 2.45) is 11.3 Å². The molecule has 1 aliphatic heterocycles. The lowest BCUT2D eigenvalue weighted by molar-refractivity contribution is -0.137. The minimum absolute atomic E-state index is 0.203. The first-order chi connectivity index (χ1) is 10.7. The number of hydrogen-bond acceptors (Lipinski definition) is 4. The molecular formula is C18H29NO4. The first kappa shape index (κ1) is 17.8. The summed E-state index contributed by atoms with van der Waals surface area (Å²) in [5, 5.41) is 0. The minimum atomic E-state index is -0.439. The number of allylic oxidation sites excluding steroid dienone is 1. The first-order valence-corrected chi connectivity index (χ1v) is 8.56. The highest BCUT2D eigenvalue weighted by molar-refractivity contribution is 5.81. The highest BCUT2D eigenvalue weighted by atomic mass is 16.6. The fourth-order valence-electron chi connectivity index (χ4n) is 3.49. The van der Waals surface area contributed by atoms with Crippen LogP contribution in [0.25, 0.3) is 0 Å². The predicted octanol–water partition coefficient (Wildman–Crippen LogP) is 3.53. The van der Waals surface area contributed by atoms with E-state index in [1.54, 1.807) is 6.08 Å². The van der Waals surface area contributed by atoms with Gasteiger partial charge in [0.1, 0.15) is 5.60 Å². The molecule has 0 N–H and O–H groups in total. The van der Waals surface area contributed by atoms with Gasteiger partial charge in [0.15, 0.2) is 0 Å². The average molecular weight is 323 g/mol. The third-order valence-electron chi connectivity index (χ3n) is 4.66. The third kappa shape index (κ3) is 4.98. The molecule has 2 fully saturated rings. The Labute approximate surface area is 139 Å². The summed E-state index contributed by atoms with van der Waals surface area (Å²) in [7, 11) is 0. The van der Waals surface area contributed by atoms with Gasteiger partial charge in [0.2, 0.25) is 0 Å². The van der Waals surface area contributed by atoms with E-state index in [2.05, 4.69) is 0 Å². The quantitative estimate of drug-likeness (QED) is 0.589. The van der Waals surface area contributed by atoms with E-state index in [4.69, 9.17) is 9.47 Å². The zero-order valence-corrected chi connectivity index (χ0v) is 14.8. The van der Waals surface area contributed by atoms with E-state index in [9.17, 15) is 9.59 Å². The van der Waals surface area contributed by atoms with Crippen molar-refractivity contribution in [2.75, 3.05) is 19.7 Å². The molecule has 0 aromatic rings. The molecule has 0 unspecified atom stereocenters. The topological polar surface area (TPSA) is 55.8 Å². The zero-order valence-electron chi connectivity index (χ0n) is 14.8. The number of hydrogen-bond donors (Lipinski definition) is 0. The Balaban J connectivity index is 1.74. The largest absolute Gasteiger partial charge is 0.463 e. The second kappa shape index (κ2) is 6.93. The maximum atomic E-state index is 12.1. The van der Waals surface area contributed by atoms with Gasteiger partial charge >= 0.3 is 12.1 Å². The van der Waals surface area contributed by atoms with Gasteiger partial charge in [0, 0.05) is 19.2 Å². The van der Waals surface area contributed by atoms with Crippen LogP contribution in [0.4, 0.5) is 4.79 Å². The summed E-state index contributed by atoms with van der Waals surface area (Å²) in [5.41, 5.74) is -0.0894. The molecule has 130 valence electrons. The fraction of sp³-hybridized carbons (Fsp3) is 0.778. The minimum Gasteiger partial charge on any atom is -0.463 e. The van der Waals surface area contributed by atoms with Crippen LogP contribution >= 0.6 is 0 Å². The van der Waals surface area contributed by atoms with Crippen molar-refractivity contribution in [3.63, 3.8) is 0 Å². The van der Waals surface area contributed by atoms with Crippen molar-refractivity contribution >= 4 is 12.1 Å². The van der Waals surface area contributed by atoms with Gasteiger partial charge < -0.3 is 14.4 Å². The molecule has 2 aliphatic rings. The van der Waals surface area contributed by atoms with Crippen molar-refractivity contribution in [1.29, 1.82) is 0 Å². The summed E-state index contributed by atoms with van der Waals surface area (Å²) in [4.78, 5) is 25.2. The summed E-state index contributed by atoms with van der Waals surface area (Å²) in [6, 6.07) is 0. The predicted molar refractivity (Wildman–Crippen MR) is 88.0 cm³/mol. The van der Waals surface area contributed by atoms with Crippen molar-refractivity contribution in [2.45, 2.75) is 59.0 Å². The molecule has 1 aliphatic carbocycles. The number of amides is 1. The summed E-state index contributed by atoms with van der Waals surface area (Å²) in [5.74, 6) is 0.209. The van der Waals surface area contributed by atoms with Gasteiger partial charge in [-0.1, -0.05) is 6.08 Å². The first-order valence-electron chi connectivity index (χ1n) is 8.56. The highest BCUT2D eigenvalue weighted by Gasteiger charge is 2.45. The third-order valence-corrected chi connectivity index (χ3v) is 4.66. The van der Waals surface area contributed by atoms with Gasteiger partial charge in [-0.2, -0.15) is 0 Å². The van der Waals surface area contributed by atoms with E-state index >= 15 is 0 Å². The average Bonchev–Trinajstić information content (AvgIpc) is 2.41. The molecule has 0 aromatic carbocycles. The van der Waals surface area contributed by atoms with E-state index in [0.29, 0.717) is 17.9 Å². The van der Waals surface area contributed by atoms with E-state index in [1.807, 2.05) is 38.7 Å². The highest BCUT2D eigenvalue weighted by Crippen LogP contribution is 2.53. The molecule has 1 heterocycles. The molecule has 1 amide bonds. The van der Waals surface area contributed by atoms with E-state index < -0.39 is 5.60 Å². The molecule has 0 bridgehead atoms. The monoisotopic (exact) mass is 323 g/mol. The van der Waals surface area contributed by atoms with Gasteiger partial charge in [-0.25, -0.2) is 9.59 Å². The summed E-state index contributed by atoms with van der Waals surface area (Å²) in [6.07, 6.45) is 7.58. The van der Waals surface area contributed by atoms with Crippen molar-refractivity contribution in [3.05, 3.63) is 12.2 Å². The van der Waals surface area contributed by atoms with E-state index in [1.165, 1.54) is 0 Å². The Kier molecular flexibility index (Phi) is 5.37. The molecule has 0 atom stereocenters. The molecule has 5 nitrogen and oxygen atoms in total. The fourth-order valence-corrected chi connectivity index (χ4v) is 3.49. The summed E-state index contributed by atoms with van der Waals surface area (Å²) < 4.78 is 10.3. The van der Waals surface area contributed by atoms with Crippen LogP contribution in [0.15, 0.2) is 12.2 Å². The second-order valence-electron chi connectivity index (χ2n) is 7.75. The Bertz CT molecular complexity index is 462. The van der Waals surface area contributed by atoms with Crippen molar-refractivity contribution < 1.29 is 19.1 Å². The van der Waals surface area contributed by atoms with E-state index in [0.717, 1.165) is 38.8 Å². The Morgan fingerprint density at radius 3 is 2.35 bits per heavy atom. The maximum Gasteiger partial charge on any atom is 0.410 e. The van der Waals surface area contributed by atoms with Gasteiger partial charge in [-0.3, -0.25) is 0 Å². The zero-order chi connectivity index (χ0) is 17.1. The van der Waals surface area contributed by atoms with Crippen LogP contribution in [0.1, 0.15) is 53.4 Å². The van der Waals surface area contributed by atoms with E-state index in [-0.39, 0.29) is 12.1 Å². The Morgan fingerprint density at radius 2 is 1.83 bits per heavy atom. The lowest BCUT2D eigenvalue weighted by Crippen LogP contribution is -2.49. The van der Waals surface area contributed by atoms with Gasteiger partial charge in [0.25, 0.3) is 0 Å². The summed E-state index contributed by atoms with van der Waals surface area (Å²) >= 11 is 0. The van der Waals surface area contributed by atoms with Crippen LogP contribution in [0.3, 0.4) is 0 Å². The Hall–Kier alpha value is -1.52. The van der Waals surface area contributed by atoms with Crippen LogP contribution < -0.4 is 0 Å². The number of esters is 1. The van der Waals surface area contributed by atoms with Crippen LogP contribution in [0.5, 0.6) is 0 Å². The standard InChI is InChI=1S/C18H29NO4/c1-5-22-15(20)7-6-14-12-18(13-14)8-10-19(11-9-18)16(21)23-17(2,3)4/h6-7,14H,5,8-13H2,1-4H3. The van der Waals surface area contributed by atoms with Gasteiger partial charge in [0.05, 0.1) is 6.61 Å². The molecule has 2 rings (SSSR count). The van der Waals surface area contributed by atoms with Crippen molar-refractivity contribution in [1.82, 2.24) is 4.90 Å². The van der Waals surface area contributed by atoms with Crippen LogP contribution in [-0.2, 0) is 14.3 Å². The number of piperidine rings is 1. The smallest absolute Gasteiger partial charge is 0.410 e. The summed E-state index contributed by atoms with van der Waals surface area (Å²) in [6.45, 7) is 9.43. The molecule has 0 radical (unpaired) electrons. The molecule has 23 heavy (non-hydrogen) atoms. The number of nitrogens with zero attached hydrogens (tertiary/aromatic N) is 1. The lowest BCUT2D eigenvalue weighted by Gasteiger charge is -2.51. The lowest BCUT2D eigenvalue weighted by atomic mass is 9.57. The normalized spacial score (nSPS) is 21.3. The SMILES string of the molecule is CCOC(=O)C=CC1CC2(CCN(C(=O)OC(C)(C)C)CC2)C1. The number of carbonyl (C=O) groups excluding carboxylic acids is 2. The van der Waals surface area contributed by atoms with Gasteiger partial charge in [-0.05, 0) is 64.7 Å². The maximum absolute atomic E-state index is 12.1. The molecule has 5 heteroatoms. The number of rotatable bonds is 3. The molecule has 1 spiro atoms. The number of ether oxygens (including phenoxy) is 2. The number of carbonyl (C=O) groups is 2. The molecule has 1 saturated heterocycles. The number of likely N-dealkylation sites (tertiary alicyclic amines) is 1. The van der Waals surface area contributed by atoms with Gasteiger partial charge in [-0.15, -0.1) is 0 Å². The molecular weight excluding hydrogens is 294 g/mol. The van der Waals surface area contributed by atoms with Crippen LogP contribution in [0, 0.1) is 11.3 Å². The second-order valence-corrected chi connectivity index (χ2v) is 7.75. The van der Waals surface area contributed by atoms with Crippen LogP contribution in [-0.4, -0.2) is 42.3 Å². The molecule has 0 aromatic heterocycles. The Morgan fingerprint density at radius 1 is 1.22 bits per heavy atom. The molecule has 1 saturated carbocycles.